The van der Waals surface area contributed by atoms with E-state index in [0.717, 1.165) is 0 Å². The van der Waals surface area contributed by atoms with Gasteiger partial charge >= 0.3 is 20.4 Å². The Kier molecular flexibility index (Phi) is 75.9. The molecule has 0 rings (SSSR count). The molecule has 0 N–H and O–H groups in total. The third-order valence-electron chi connectivity index (χ3n) is 0. The van der Waals surface area contributed by atoms with Crippen LogP contribution in [-0.4, -0.2) is 10.3 Å². The van der Waals surface area contributed by atoms with Gasteiger partial charge in [0.1, 0.15) is 0 Å². The number of hydrogen-bond acceptors (Lipinski definition) is 2. The van der Waals surface area contributed by atoms with Crippen molar-refractivity contribution in [2.24, 2.45) is 0 Å². The topological polar surface area (TPSA) is 44.6 Å². The summed E-state index contributed by atoms with van der Waals surface area (Å²) >= 11 is 7.40. The van der Waals surface area contributed by atoms with Gasteiger partial charge in [0, 0.05) is 0 Å². The zero-order valence-electron chi connectivity index (χ0n) is 3.03. The van der Waals surface area contributed by atoms with Crippen molar-refractivity contribution in [2.45, 2.75) is 0 Å². The van der Waals surface area contributed by atoms with Gasteiger partial charge in [-0.05, 0) is 0 Å². The minimum absolute atomic E-state index is 0. The molecule has 0 saturated carbocycles. The van der Waals surface area contributed by atoms with Gasteiger partial charge in [-0.3, -0.25) is 0 Å². The van der Waals surface area contributed by atoms with Crippen LogP contribution in [0.25, 0.3) is 10.8 Å². The fourth-order valence-electron chi connectivity index (χ4n) is 0. The van der Waals surface area contributed by atoms with E-state index in [1.807, 2.05) is 0 Å². The van der Waals surface area contributed by atoms with Crippen molar-refractivity contribution < 1.29 is 20.4 Å². The fraction of sp³-hybridized carbons (Fsp3) is 0. The van der Waals surface area contributed by atoms with E-state index < -0.39 is 0 Å². The molecule has 0 aliphatic carbocycles. The van der Waals surface area contributed by atoms with Crippen LogP contribution in [0.1, 0.15) is 0 Å². The van der Waals surface area contributed by atoms with Crippen LogP contribution in [0.15, 0.2) is 0 Å². The minimum atomic E-state index is 0. The van der Waals surface area contributed by atoms with Crippen LogP contribution in [0.3, 0.4) is 0 Å². The quantitative estimate of drug-likeness (QED) is 0.352. The maximum absolute atomic E-state index is 7.13. The van der Waals surface area contributed by atoms with Crippen molar-refractivity contribution in [1.29, 1.82) is 0 Å². The molecule has 40 valence electrons. The Labute approximate surface area is 66.0 Å². The van der Waals surface area contributed by atoms with Gasteiger partial charge < -0.3 is 10.8 Å². The molecule has 0 saturated heterocycles. The summed E-state index contributed by atoms with van der Waals surface area (Å²) in [6, 6.07) is 0. The molecule has 0 radical (unpaired) electrons. The largest absolute Gasteiger partial charge is 2.00 e. The molecule has 0 amide bonds. The van der Waals surface area contributed by atoms with Gasteiger partial charge in [0.25, 0.3) is 0 Å². The average molecular weight is 223 g/mol. The third-order valence-corrected chi connectivity index (χ3v) is 0. The molecule has 0 atom stereocenters. The zero-order valence-corrected chi connectivity index (χ0v) is 6.21. The van der Waals surface area contributed by atoms with Crippen molar-refractivity contribution in [2.75, 3.05) is 0 Å². The summed E-state index contributed by atoms with van der Waals surface area (Å²) in [4.78, 5) is 0. The van der Waals surface area contributed by atoms with E-state index in [9.17, 15) is 0 Å². The summed E-state index contributed by atoms with van der Waals surface area (Å²) in [5.41, 5.74) is 0. The molecule has 0 aliphatic heterocycles. The summed E-state index contributed by atoms with van der Waals surface area (Å²) in [5.74, 6) is 0. The monoisotopic (exact) mass is 222 g/mol. The van der Waals surface area contributed by atoms with Gasteiger partial charge in [0.15, 0.2) is 0 Å². The Hall–Kier alpha value is 0.262. The van der Waals surface area contributed by atoms with Crippen molar-refractivity contribution in [1.82, 2.24) is 0 Å². The third kappa shape index (κ3) is 1650. The first-order valence-electron chi connectivity index (χ1n) is 0.855. The standard InChI is InChI=1S/2CNS.Pd/c2*2-1-3;/q2*-1;+2. The SMILES string of the molecule is [N-]=C=S.[N-]=C=S.[Pd+2]. The number of nitrogens with zero attached hydrogens (tertiary/aromatic N) is 2. The predicted octanol–water partition coefficient (Wildman–Crippen LogP) is 1.31. The normalized spacial score (nSPS) is 2.29. The molecule has 0 aromatic heterocycles. The molecular formula is C2N2PdS2. The molecule has 7 heavy (non-hydrogen) atoms. The molecule has 0 aromatic carbocycles. The molecule has 0 unspecified atom stereocenters. The van der Waals surface area contributed by atoms with Crippen molar-refractivity contribution in [3.05, 3.63) is 10.8 Å². The molecule has 0 heterocycles. The summed E-state index contributed by atoms with van der Waals surface area (Å²) in [6.45, 7) is 0. The van der Waals surface area contributed by atoms with E-state index in [0.29, 0.717) is 0 Å². The van der Waals surface area contributed by atoms with Crippen LogP contribution in [0.5, 0.6) is 0 Å². The van der Waals surface area contributed by atoms with Gasteiger partial charge in [0.05, 0.1) is 0 Å². The second-order valence-corrected chi connectivity index (χ2v) is 0.548. The summed E-state index contributed by atoms with van der Waals surface area (Å²) < 4.78 is 0. The van der Waals surface area contributed by atoms with Crippen molar-refractivity contribution in [3.63, 3.8) is 0 Å². The Morgan fingerprint density at radius 2 is 1.00 bits per heavy atom. The smallest absolute Gasteiger partial charge is 0.753 e. The molecule has 0 bridgehead atoms. The van der Waals surface area contributed by atoms with Gasteiger partial charge in [0.2, 0.25) is 0 Å². The Bertz CT molecular complexity index is 67.7. The van der Waals surface area contributed by atoms with E-state index in [1.54, 1.807) is 0 Å². The van der Waals surface area contributed by atoms with Crippen LogP contribution >= 0.6 is 24.4 Å². The summed E-state index contributed by atoms with van der Waals surface area (Å²) in [5, 5.41) is 16.9. The maximum atomic E-state index is 7.13. The molecule has 0 aromatic rings. The number of rotatable bonds is 0. The van der Waals surface area contributed by atoms with E-state index in [-0.39, 0.29) is 20.4 Å². The first-order valence-corrected chi connectivity index (χ1v) is 1.67. The van der Waals surface area contributed by atoms with Gasteiger partial charge in [-0.25, -0.2) is 0 Å². The van der Waals surface area contributed by atoms with Crippen molar-refractivity contribution >= 4 is 34.8 Å². The average Bonchev–Trinajstić information content (AvgIpc) is 1.39. The van der Waals surface area contributed by atoms with Crippen LogP contribution in [0, 0.1) is 0 Å². The number of thiocarbonyl (C=S) groups is 2. The number of isothiocyanates is 2. The van der Waals surface area contributed by atoms with Gasteiger partial charge in [-0.1, -0.05) is 24.4 Å². The Morgan fingerprint density at radius 3 is 1.00 bits per heavy atom. The van der Waals surface area contributed by atoms with E-state index >= 15 is 0 Å². The second kappa shape index (κ2) is 33.9. The molecule has 0 fully saturated rings. The summed E-state index contributed by atoms with van der Waals surface area (Å²) in [7, 11) is 0. The zero-order chi connectivity index (χ0) is 5.41. The maximum Gasteiger partial charge on any atom is 2.00 e. The first kappa shape index (κ1) is 15.7. The van der Waals surface area contributed by atoms with Crippen LogP contribution in [0.2, 0.25) is 0 Å². The molecule has 2 nitrogen and oxygen atoms in total. The van der Waals surface area contributed by atoms with Crippen LogP contribution in [-0.2, 0) is 20.4 Å². The summed E-state index contributed by atoms with van der Waals surface area (Å²) in [6.07, 6.45) is 0. The van der Waals surface area contributed by atoms with E-state index in [4.69, 9.17) is 10.8 Å². The Balaban J connectivity index is -0.0000000400. The molecule has 0 aliphatic rings. The molecule has 5 heteroatoms. The van der Waals surface area contributed by atoms with Gasteiger partial charge in [-0.15, -0.1) is 0 Å². The molecular weight excluding hydrogens is 223 g/mol. The molecule has 0 spiro atoms. The van der Waals surface area contributed by atoms with Crippen LogP contribution in [0.4, 0.5) is 0 Å². The predicted molar refractivity (Wildman–Crippen MR) is 31.9 cm³/mol. The number of hydrogen-bond donors (Lipinski definition) is 0. The van der Waals surface area contributed by atoms with E-state index in [2.05, 4.69) is 24.4 Å². The van der Waals surface area contributed by atoms with Crippen molar-refractivity contribution in [3.8, 4) is 0 Å². The fourth-order valence-corrected chi connectivity index (χ4v) is 0. The Morgan fingerprint density at radius 1 is 1.00 bits per heavy atom. The van der Waals surface area contributed by atoms with Gasteiger partial charge in [-0.2, -0.15) is 10.3 Å². The first-order chi connectivity index (χ1) is 2.83. The van der Waals surface area contributed by atoms with E-state index in [1.165, 1.54) is 10.3 Å². The van der Waals surface area contributed by atoms with Crippen LogP contribution < -0.4 is 0 Å². The second-order valence-electron chi connectivity index (χ2n) is 0.183. The minimum Gasteiger partial charge on any atom is -0.753 e.